The smallest absolute Gasteiger partial charge is 0.261 e. The summed E-state index contributed by atoms with van der Waals surface area (Å²) in [7, 11) is 0. The van der Waals surface area contributed by atoms with Crippen LogP contribution in [0.5, 0.6) is 0 Å². The Hall–Kier alpha value is -3.26. The second kappa shape index (κ2) is 8.62. The molecule has 156 valence electrons. The largest absolute Gasteiger partial charge is 0.378 e. The number of carbonyl (C=O) groups excluding carboxylic acids is 3. The van der Waals surface area contributed by atoms with E-state index in [-0.39, 0.29) is 30.7 Å². The van der Waals surface area contributed by atoms with Gasteiger partial charge in [0, 0.05) is 44.4 Å². The van der Waals surface area contributed by atoms with Crippen molar-refractivity contribution in [3.05, 3.63) is 58.8 Å². The highest BCUT2D eigenvalue weighted by Crippen LogP contribution is 2.24. The van der Waals surface area contributed by atoms with Gasteiger partial charge in [0.05, 0.1) is 24.3 Å². The lowest BCUT2D eigenvalue weighted by atomic mass is 10.1. The molecular formula is C22H24N4O4. The number of hydrogen-bond donors (Lipinski definition) is 1. The highest BCUT2D eigenvalue weighted by atomic mass is 16.5. The fourth-order valence-corrected chi connectivity index (χ4v) is 3.73. The summed E-state index contributed by atoms with van der Waals surface area (Å²) in [4.78, 5) is 45.1. The van der Waals surface area contributed by atoms with Crippen LogP contribution in [-0.2, 0) is 16.1 Å². The molecule has 0 unspecified atom stereocenters. The van der Waals surface area contributed by atoms with Crippen LogP contribution in [0.4, 0.5) is 5.82 Å². The number of aryl methyl sites for hydroxylation is 1. The van der Waals surface area contributed by atoms with E-state index < -0.39 is 0 Å². The average Bonchev–Trinajstić information content (AvgIpc) is 3.00. The van der Waals surface area contributed by atoms with Crippen molar-refractivity contribution in [1.82, 2.24) is 15.2 Å². The molecule has 30 heavy (non-hydrogen) atoms. The van der Waals surface area contributed by atoms with Crippen LogP contribution in [0.25, 0.3) is 0 Å². The number of ether oxygens (including phenoxy) is 1. The Morgan fingerprint density at radius 2 is 1.90 bits per heavy atom. The summed E-state index contributed by atoms with van der Waals surface area (Å²) in [5.74, 6) is -0.0608. The van der Waals surface area contributed by atoms with Crippen LogP contribution >= 0.6 is 0 Å². The number of nitrogens with one attached hydrogen (secondary N) is 1. The lowest BCUT2D eigenvalue weighted by molar-refractivity contribution is -0.121. The fraction of sp³-hybridized carbons (Fsp3) is 0.364. The molecule has 1 saturated heterocycles. The molecule has 1 fully saturated rings. The maximum absolute atomic E-state index is 12.5. The highest BCUT2D eigenvalue weighted by Gasteiger charge is 2.35. The van der Waals surface area contributed by atoms with Crippen molar-refractivity contribution in [2.75, 3.05) is 37.7 Å². The molecule has 1 aromatic heterocycles. The number of imide groups is 1. The van der Waals surface area contributed by atoms with E-state index in [1.807, 2.05) is 19.1 Å². The summed E-state index contributed by atoms with van der Waals surface area (Å²) in [5, 5.41) is 2.88. The lowest BCUT2D eigenvalue weighted by Crippen LogP contribution is -2.38. The number of pyridine rings is 1. The van der Waals surface area contributed by atoms with Gasteiger partial charge in [-0.25, -0.2) is 4.98 Å². The SMILES string of the molecule is Cc1ccc2c(c1)C(=O)N(CCC(=O)NCc1cccnc1N1CCOCC1)C2=O. The third-order valence-corrected chi connectivity index (χ3v) is 5.34. The summed E-state index contributed by atoms with van der Waals surface area (Å²) in [6.45, 7) is 5.09. The van der Waals surface area contributed by atoms with E-state index in [0.717, 1.165) is 34.9 Å². The Bertz CT molecular complexity index is 985. The summed E-state index contributed by atoms with van der Waals surface area (Å²) >= 11 is 0. The van der Waals surface area contributed by atoms with Gasteiger partial charge in [-0.2, -0.15) is 0 Å². The van der Waals surface area contributed by atoms with Crippen LogP contribution in [0.15, 0.2) is 36.5 Å². The van der Waals surface area contributed by atoms with Gasteiger partial charge in [-0.05, 0) is 25.1 Å². The van der Waals surface area contributed by atoms with Gasteiger partial charge < -0.3 is 15.0 Å². The Kier molecular flexibility index (Phi) is 5.76. The third-order valence-electron chi connectivity index (χ3n) is 5.34. The molecule has 1 aromatic carbocycles. The van der Waals surface area contributed by atoms with Gasteiger partial charge in [0.25, 0.3) is 11.8 Å². The minimum atomic E-state index is -0.343. The Balaban J connectivity index is 1.33. The van der Waals surface area contributed by atoms with Gasteiger partial charge in [0.2, 0.25) is 5.91 Å². The zero-order valence-electron chi connectivity index (χ0n) is 16.9. The van der Waals surface area contributed by atoms with Crippen LogP contribution in [-0.4, -0.2) is 60.5 Å². The molecule has 0 atom stereocenters. The second-order valence-electron chi connectivity index (χ2n) is 7.42. The number of morpholine rings is 1. The van der Waals surface area contributed by atoms with Crippen molar-refractivity contribution in [3.8, 4) is 0 Å². The molecule has 0 saturated carbocycles. The quantitative estimate of drug-likeness (QED) is 0.729. The summed E-state index contributed by atoms with van der Waals surface area (Å²) in [6, 6.07) is 8.96. The maximum Gasteiger partial charge on any atom is 0.261 e. The van der Waals surface area contributed by atoms with E-state index in [1.165, 1.54) is 0 Å². The molecule has 8 heteroatoms. The Morgan fingerprint density at radius 3 is 2.70 bits per heavy atom. The van der Waals surface area contributed by atoms with Crippen molar-refractivity contribution < 1.29 is 19.1 Å². The minimum Gasteiger partial charge on any atom is -0.378 e. The first-order valence-electron chi connectivity index (χ1n) is 10.0. The number of rotatable bonds is 6. The molecule has 0 radical (unpaired) electrons. The van der Waals surface area contributed by atoms with Crippen LogP contribution in [0, 0.1) is 6.92 Å². The molecule has 0 spiro atoms. The van der Waals surface area contributed by atoms with E-state index in [0.29, 0.717) is 30.9 Å². The predicted molar refractivity (Wildman–Crippen MR) is 110 cm³/mol. The minimum absolute atomic E-state index is 0.0532. The number of benzene rings is 1. The summed E-state index contributed by atoms with van der Waals surface area (Å²) < 4.78 is 5.39. The molecule has 2 aliphatic heterocycles. The van der Waals surface area contributed by atoms with Crippen molar-refractivity contribution >= 4 is 23.5 Å². The maximum atomic E-state index is 12.5. The molecule has 4 rings (SSSR count). The molecule has 2 aliphatic rings. The summed E-state index contributed by atoms with van der Waals surface area (Å²) in [5.41, 5.74) is 2.65. The van der Waals surface area contributed by atoms with E-state index in [2.05, 4.69) is 15.2 Å². The number of anilines is 1. The topological polar surface area (TPSA) is 91.8 Å². The number of hydrogen-bond acceptors (Lipinski definition) is 6. The highest BCUT2D eigenvalue weighted by molar-refractivity contribution is 6.21. The van der Waals surface area contributed by atoms with Gasteiger partial charge in [0.1, 0.15) is 5.82 Å². The van der Waals surface area contributed by atoms with Gasteiger partial charge in [-0.3, -0.25) is 19.3 Å². The molecular weight excluding hydrogens is 384 g/mol. The Morgan fingerprint density at radius 1 is 1.13 bits per heavy atom. The van der Waals surface area contributed by atoms with E-state index in [1.54, 1.807) is 24.4 Å². The average molecular weight is 408 g/mol. The molecule has 8 nitrogen and oxygen atoms in total. The van der Waals surface area contributed by atoms with E-state index in [4.69, 9.17) is 4.74 Å². The Labute approximate surface area is 174 Å². The van der Waals surface area contributed by atoms with Crippen molar-refractivity contribution in [1.29, 1.82) is 0 Å². The van der Waals surface area contributed by atoms with Gasteiger partial charge in [-0.15, -0.1) is 0 Å². The normalized spacial score (nSPS) is 16.0. The fourth-order valence-electron chi connectivity index (χ4n) is 3.73. The summed E-state index contributed by atoms with van der Waals surface area (Å²) in [6.07, 6.45) is 1.79. The molecule has 2 aromatic rings. The zero-order valence-corrected chi connectivity index (χ0v) is 16.9. The first-order chi connectivity index (χ1) is 14.5. The van der Waals surface area contributed by atoms with Crippen molar-refractivity contribution in [2.24, 2.45) is 0 Å². The number of carbonyl (C=O) groups is 3. The van der Waals surface area contributed by atoms with E-state index in [9.17, 15) is 14.4 Å². The second-order valence-corrected chi connectivity index (χ2v) is 7.42. The van der Waals surface area contributed by atoms with Crippen LogP contribution in [0.1, 0.15) is 38.3 Å². The molecule has 3 heterocycles. The van der Waals surface area contributed by atoms with Crippen molar-refractivity contribution in [2.45, 2.75) is 19.9 Å². The van der Waals surface area contributed by atoms with Gasteiger partial charge >= 0.3 is 0 Å². The van der Waals surface area contributed by atoms with Gasteiger partial charge in [0.15, 0.2) is 0 Å². The monoisotopic (exact) mass is 408 g/mol. The zero-order chi connectivity index (χ0) is 21.1. The number of amides is 3. The first kappa shape index (κ1) is 20.0. The molecule has 3 amide bonds. The molecule has 0 bridgehead atoms. The first-order valence-corrected chi connectivity index (χ1v) is 10.0. The molecule has 0 aliphatic carbocycles. The third kappa shape index (κ3) is 4.04. The number of fused-ring (bicyclic) bond motifs is 1. The predicted octanol–water partition coefficient (Wildman–Crippen LogP) is 1.53. The number of nitrogens with zero attached hydrogens (tertiary/aromatic N) is 3. The van der Waals surface area contributed by atoms with Crippen LogP contribution in [0.3, 0.4) is 0 Å². The van der Waals surface area contributed by atoms with Gasteiger partial charge in [-0.1, -0.05) is 17.7 Å². The van der Waals surface area contributed by atoms with Crippen LogP contribution < -0.4 is 10.2 Å². The number of aromatic nitrogens is 1. The van der Waals surface area contributed by atoms with E-state index >= 15 is 0 Å². The van der Waals surface area contributed by atoms with Crippen LogP contribution in [0.2, 0.25) is 0 Å². The molecule has 1 N–H and O–H groups in total. The lowest BCUT2D eigenvalue weighted by Gasteiger charge is -2.29. The van der Waals surface area contributed by atoms with Crippen molar-refractivity contribution in [3.63, 3.8) is 0 Å². The standard InChI is InChI=1S/C22H24N4O4/c1-15-4-5-17-18(13-15)22(29)26(21(17)28)8-6-19(27)24-14-16-3-2-7-23-20(16)25-9-11-30-12-10-25/h2-5,7,13H,6,8-12,14H2,1H3,(H,24,27).